The summed E-state index contributed by atoms with van der Waals surface area (Å²) in [4.78, 5) is 28.7. The first-order valence-electron chi connectivity index (χ1n) is 12.1. The van der Waals surface area contributed by atoms with Crippen LogP contribution >= 0.6 is 0 Å². The highest BCUT2D eigenvalue weighted by molar-refractivity contribution is 5.94. The summed E-state index contributed by atoms with van der Waals surface area (Å²) in [6.45, 7) is 1.14. The van der Waals surface area contributed by atoms with Gasteiger partial charge in [0.2, 0.25) is 0 Å². The molecule has 4 N–H and O–H groups in total. The van der Waals surface area contributed by atoms with Crippen molar-refractivity contribution >= 4 is 22.6 Å². The average Bonchev–Trinajstić information content (AvgIpc) is 2.88. The topological polar surface area (TPSA) is 121 Å². The van der Waals surface area contributed by atoms with Crippen molar-refractivity contribution in [2.75, 3.05) is 19.0 Å². The summed E-state index contributed by atoms with van der Waals surface area (Å²) in [7, 11) is 1.62. The number of methoxy groups -OCH3 is 1. The summed E-state index contributed by atoms with van der Waals surface area (Å²) in [6.07, 6.45) is 4.04. The summed E-state index contributed by atoms with van der Waals surface area (Å²) in [5.41, 5.74) is 8.29. The van der Waals surface area contributed by atoms with Crippen LogP contribution in [0.3, 0.4) is 0 Å². The zero-order chi connectivity index (χ0) is 24.4. The van der Waals surface area contributed by atoms with Gasteiger partial charge in [0, 0.05) is 37.3 Å². The van der Waals surface area contributed by atoms with Crippen molar-refractivity contribution in [2.24, 2.45) is 11.7 Å². The number of carbonyl (C=O) groups excluding carboxylic acids is 1. The number of pyridine rings is 2. The second kappa shape index (κ2) is 10.1. The molecule has 1 fully saturated rings. The molecular formula is C26H31N5O4. The molecule has 5 rings (SSSR count). The number of anilines is 1. The van der Waals surface area contributed by atoms with E-state index >= 15 is 0 Å². The van der Waals surface area contributed by atoms with Gasteiger partial charge < -0.3 is 30.4 Å². The number of amides is 1. The molecule has 1 saturated carbocycles. The van der Waals surface area contributed by atoms with Crippen molar-refractivity contribution in [3.63, 3.8) is 0 Å². The summed E-state index contributed by atoms with van der Waals surface area (Å²) in [5.74, 6) is 1.98. The SMILES string of the molecule is COc1ccc2ccc(=O)n(CC(N)[C@H]3CC[C@H](NCc4ccc5c(n4)NC(=O)CO5)CC3)c2c1. The molecule has 0 radical (unpaired) electrons. The highest BCUT2D eigenvalue weighted by atomic mass is 16.5. The Kier molecular flexibility index (Phi) is 6.70. The van der Waals surface area contributed by atoms with E-state index in [2.05, 4.69) is 15.6 Å². The minimum Gasteiger partial charge on any atom is -0.497 e. The van der Waals surface area contributed by atoms with Gasteiger partial charge in [-0.3, -0.25) is 9.59 Å². The van der Waals surface area contributed by atoms with Gasteiger partial charge in [-0.1, -0.05) is 0 Å². The second-order valence-electron chi connectivity index (χ2n) is 9.35. The molecule has 3 aromatic rings. The third kappa shape index (κ3) is 5.16. The van der Waals surface area contributed by atoms with Gasteiger partial charge in [-0.2, -0.15) is 0 Å². The summed E-state index contributed by atoms with van der Waals surface area (Å²) in [5, 5.41) is 7.33. The Labute approximate surface area is 203 Å². The van der Waals surface area contributed by atoms with Gasteiger partial charge in [-0.15, -0.1) is 0 Å². The maximum Gasteiger partial charge on any atom is 0.263 e. The number of carbonyl (C=O) groups is 1. The Morgan fingerprint density at radius 2 is 1.97 bits per heavy atom. The van der Waals surface area contributed by atoms with Gasteiger partial charge in [0.15, 0.2) is 18.2 Å². The largest absolute Gasteiger partial charge is 0.497 e. The smallest absolute Gasteiger partial charge is 0.263 e. The van der Waals surface area contributed by atoms with Gasteiger partial charge in [-0.25, -0.2) is 4.98 Å². The second-order valence-corrected chi connectivity index (χ2v) is 9.35. The molecule has 1 unspecified atom stereocenters. The van der Waals surface area contributed by atoms with E-state index in [1.807, 2.05) is 36.4 Å². The molecule has 2 aromatic heterocycles. The Hall–Kier alpha value is -3.43. The van der Waals surface area contributed by atoms with Crippen LogP contribution in [0.1, 0.15) is 31.4 Å². The van der Waals surface area contributed by atoms with E-state index in [1.165, 1.54) is 0 Å². The zero-order valence-electron chi connectivity index (χ0n) is 19.8. The molecule has 35 heavy (non-hydrogen) atoms. The molecule has 9 heteroatoms. The van der Waals surface area contributed by atoms with E-state index in [9.17, 15) is 9.59 Å². The number of hydrogen-bond acceptors (Lipinski definition) is 7. The van der Waals surface area contributed by atoms with E-state index in [-0.39, 0.29) is 24.1 Å². The van der Waals surface area contributed by atoms with Crippen LogP contribution in [0.2, 0.25) is 0 Å². The number of hydrogen-bond donors (Lipinski definition) is 3. The van der Waals surface area contributed by atoms with Crippen LogP contribution in [0.4, 0.5) is 5.82 Å². The quantitative estimate of drug-likeness (QED) is 0.478. The van der Waals surface area contributed by atoms with Gasteiger partial charge in [0.1, 0.15) is 5.75 Å². The van der Waals surface area contributed by atoms with E-state index in [0.717, 1.165) is 48.0 Å². The first kappa shape index (κ1) is 23.3. The molecule has 1 amide bonds. The van der Waals surface area contributed by atoms with Crippen LogP contribution in [0.25, 0.3) is 10.9 Å². The molecular weight excluding hydrogens is 446 g/mol. The maximum absolute atomic E-state index is 12.7. The first-order chi connectivity index (χ1) is 17.0. The number of ether oxygens (including phenoxy) is 2. The van der Waals surface area contributed by atoms with Gasteiger partial charge in [0.05, 0.1) is 18.3 Å². The standard InChI is InChI=1S/C26H31N5O4/c1-34-20-9-4-17-5-11-25(33)31(22(17)12-20)14-21(27)16-2-6-18(7-3-16)28-13-19-8-10-23-26(29-19)30-24(32)15-35-23/h4-5,8-12,16,18,21,28H,2-3,6-7,13-15,27H2,1H3,(H,29,30,32)/t16-,18-,21?. The number of fused-ring (bicyclic) bond motifs is 2. The molecule has 1 atom stereocenters. The third-order valence-electron chi connectivity index (χ3n) is 7.07. The Bertz CT molecular complexity index is 1280. The van der Waals surface area contributed by atoms with E-state index in [0.29, 0.717) is 36.6 Å². The molecule has 9 nitrogen and oxygen atoms in total. The van der Waals surface area contributed by atoms with Crippen molar-refractivity contribution in [1.82, 2.24) is 14.9 Å². The number of nitrogens with one attached hydrogen (secondary N) is 2. The lowest BCUT2D eigenvalue weighted by Crippen LogP contribution is -2.42. The fourth-order valence-corrected chi connectivity index (χ4v) is 5.05. The number of nitrogens with zero attached hydrogens (tertiary/aromatic N) is 2. The average molecular weight is 478 g/mol. The highest BCUT2D eigenvalue weighted by Gasteiger charge is 2.26. The van der Waals surface area contributed by atoms with E-state index in [4.69, 9.17) is 15.2 Å². The molecule has 0 bridgehead atoms. The molecule has 0 saturated heterocycles. The lowest BCUT2D eigenvalue weighted by Gasteiger charge is -2.33. The van der Waals surface area contributed by atoms with Crippen molar-refractivity contribution < 1.29 is 14.3 Å². The molecule has 1 aliphatic heterocycles. The molecule has 184 valence electrons. The van der Waals surface area contributed by atoms with Crippen LogP contribution in [0.15, 0.2) is 47.3 Å². The first-order valence-corrected chi connectivity index (χ1v) is 12.1. The zero-order valence-corrected chi connectivity index (χ0v) is 19.8. The molecule has 1 aromatic carbocycles. The van der Waals surface area contributed by atoms with E-state index in [1.54, 1.807) is 17.7 Å². The summed E-state index contributed by atoms with van der Waals surface area (Å²) in [6, 6.07) is 13.3. The third-order valence-corrected chi connectivity index (χ3v) is 7.07. The maximum atomic E-state index is 12.7. The fourth-order valence-electron chi connectivity index (χ4n) is 5.05. The fraction of sp³-hybridized carbons (Fsp3) is 0.423. The molecule has 2 aliphatic rings. The van der Waals surface area contributed by atoms with Crippen LogP contribution < -0.4 is 31.4 Å². The lowest BCUT2D eigenvalue weighted by atomic mass is 9.81. The molecule has 1 aliphatic carbocycles. The number of benzene rings is 1. The minimum atomic E-state index is -0.185. The normalized spacial score (nSPS) is 20.6. The monoisotopic (exact) mass is 477 g/mol. The van der Waals surface area contributed by atoms with Crippen molar-refractivity contribution in [1.29, 1.82) is 0 Å². The Morgan fingerprint density at radius 1 is 1.17 bits per heavy atom. The number of aromatic nitrogens is 2. The number of rotatable bonds is 7. The van der Waals surface area contributed by atoms with Gasteiger partial charge in [0.25, 0.3) is 11.5 Å². The van der Waals surface area contributed by atoms with Crippen molar-refractivity contribution in [3.8, 4) is 11.5 Å². The molecule has 0 spiro atoms. The predicted octanol–water partition coefficient (Wildman–Crippen LogP) is 2.41. The number of nitrogens with two attached hydrogens (primary N) is 1. The Balaban J connectivity index is 1.17. The predicted molar refractivity (Wildman–Crippen MR) is 134 cm³/mol. The van der Waals surface area contributed by atoms with Crippen LogP contribution in [0, 0.1) is 5.92 Å². The Morgan fingerprint density at radius 3 is 2.77 bits per heavy atom. The summed E-state index contributed by atoms with van der Waals surface area (Å²) >= 11 is 0. The molecule has 3 heterocycles. The van der Waals surface area contributed by atoms with Crippen LogP contribution in [-0.4, -0.2) is 41.3 Å². The van der Waals surface area contributed by atoms with E-state index < -0.39 is 0 Å². The van der Waals surface area contributed by atoms with Crippen LogP contribution in [0.5, 0.6) is 11.5 Å². The van der Waals surface area contributed by atoms with Gasteiger partial charge in [-0.05, 0) is 67.3 Å². The van der Waals surface area contributed by atoms with Crippen molar-refractivity contribution in [3.05, 3.63) is 58.5 Å². The van der Waals surface area contributed by atoms with Gasteiger partial charge >= 0.3 is 0 Å². The van der Waals surface area contributed by atoms with Crippen LogP contribution in [-0.2, 0) is 17.9 Å². The highest BCUT2D eigenvalue weighted by Crippen LogP contribution is 2.29. The lowest BCUT2D eigenvalue weighted by molar-refractivity contribution is -0.118. The minimum absolute atomic E-state index is 0.0287. The van der Waals surface area contributed by atoms with Crippen molar-refractivity contribution in [2.45, 2.75) is 50.9 Å². The summed E-state index contributed by atoms with van der Waals surface area (Å²) < 4.78 is 12.5.